The molecule has 0 aromatic heterocycles. The lowest BCUT2D eigenvalue weighted by atomic mass is 10.1. The molecule has 128 valence electrons. The number of rotatable bonds is 7. The number of anilines is 1. The molecule has 1 heterocycles. The fourth-order valence-electron chi connectivity index (χ4n) is 2.94. The van der Waals surface area contributed by atoms with Crippen LogP contribution >= 0.6 is 0 Å². The van der Waals surface area contributed by atoms with Gasteiger partial charge in [-0.2, -0.15) is 0 Å². The number of methoxy groups -OCH3 is 1. The summed E-state index contributed by atoms with van der Waals surface area (Å²) in [6, 6.07) is 8.33. The minimum atomic E-state index is -0.145. The summed E-state index contributed by atoms with van der Waals surface area (Å²) < 4.78 is 5.11. The predicted octanol–water partition coefficient (Wildman–Crippen LogP) is 3.07. The fraction of sp³-hybridized carbons (Fsp3) is 0.611. The van der Waals surface area contributed by atoms with Crippen LogP contribution in [0.5, 0.6) is 0 Å². The van der Waals surface area contributed by atoms with Crippen molar-refractivity contribution in [3.8, 4) is 0 Å². The third kappa shape index (κ3) is 5.13. The average Bonchev–Trinajstić information content (AvgIpc) is 3.09. The first kappa shape index (κ1) is 17.6. The van der Waals surface area contributed by atoms with Crippen molar-refractivity contribution in [1.82, 2.24) is 10.6 Å². The van der Waals surface area contributed by atoms with Crippen molar-refractivity contribution in [1.29, 1.82) is 0 Å². The zero-order valence-corrected chi connectivity index (χ0v) is 14.5. The molecule has 2 unspecified atom stereocenters. The van der Waals surface area contributed by atoms with Crippen LogP contribution in [-0.4, -0.2) is 38.9 Å². The first-order valence-corrected chi connectivity index (χ1v) is 8.55. The second-order valence-electron chi connectivity index (χ2n) is 6.19. The van der Waals surface area contributed by atoms with Crippen LogP contribution in [0.3, 0.4) is 0 Å². The van der Waals surface area contributed by atoms with Crippen LogP contribution in [0.4, 0.5) is 10.5 Å². The van der Waals surface area contributed by atoms with E-state index in [9.17, 15) is 4.79 Å². The summed E-state index contributed by atoms with van der Waals surface area (Å²) in [5, 5.41) is 5.97. The third-order valence-electron chi connectivity index (χ3n) is 4.38. The molecule has 0 saturated carbocycles. The molecule has 1 saturated heterocycles. The second-order valence-corrected chi connectivity index (χ2v) is 6.19. The molecule has 1 aliphatic rings. The Balaban J connectivity index is 1.93. The van der Waals surface area contributed by atoms with E-state index in [1.807, 2.05) is 13.8 Å². The summed E-state index contributed by atoms with van der Waals surface area (Å²) in [6.07, 6.45) is 3.37. The maximum Gasteiger partial charge on any atom is 0.315 e. The number of urea groups is 1. The Bertz CT molecular complexity index is 501. The molecule has 5 nitrogen and oxygen atoms in total. The quantitative estimate of drug-likeness (QED) is 0.812. The molecule has 1 fully saturated rings. The Morgan fingerprint density at radius 1 is 1.30 bits per heavy atom. The van der Waals surface area contributed by atoms with Gasteiger partial charge in [-0.25, -0.2) is 4.79 Å². The van der Waals surface area contributed by atoms with Crippen LogP contribution in [0.25, 0.3) is 0 Å². The van der Waals surface area contributed by atoms with Crippen LogP contribution in [0.1, 0.15) is 44.7 Å². The lowest BCUT2D eigenvalue weighted by Crippen LogP contribution is -2.44. The van der Waals surface area contributed by atoms with Crippen molar-refractivity contribution in [2.45, 2.75) is 45.2 Å². The summed E-state index contributed by atoms with van der Waals surface area (Å²) in [4.78, 5) is 14.5. The highest BCUT2D eigenvalue weighted by atomic mass is 16.5. The van der Waals surface area contributed by atoms with Gasteiger partial charge in [-0.05, 0) is 43.9 Å². The van der Waals surface area contributed by atoms with E-state index in [0.29, 0.717) is 6.61 Å². The summed E-state index contributed by atoms with van der Waals surface area (Å²) in [7, 11) is 1.65. The van der Waals surface area contributed by atoms with E-state index in [1.54, 1.807) is 7.11 Å². The number of nitrogens with one attached hydrogen (secondary N) is 2. The monoisotopic (exact) mass is 319 g/mol. The van der Waals surface area contributed by atoms with Gasteiger partial charge < -0.3 is 20.3 Å². The number of carbonyl (C=O) groups is 1. The van der Waals surface area contributed by atoms with E-state index in [1.165, 1.54) is 18.5 Å². The molecule has 2 rings (SSSR count). The number of hydrogen-bond donors (Lipinski definition) is 2. The van der Waals surface area contributed by atoms with Crippen molar-refractivity contribution in [3.05, 3.63) is 29.8 Å². The first-order chi connectivity index (χ1) is 11.1. The van der Waals surface area contributed by atoms with E-state index < -0.39 is 0 Å². The van der Waals surface area contributed by atoms with Gasteiger partial charge in [0.2, 0.25) is 0 Å². The number of benzene rings is 1. The minimum absolute atomic E-state index is 0.0300. The Hall–Kier alpha value is -1.75. The van der Waals surface area contributed by atoms with Crippen LogP contribution in [0.2, 0.25) is 0 Å². The van der Waals surface area contributed by atoms with Crippen LogP contribution in [0.15, 0.2) is 24.3 Å². The van der Waals surface area contributed by atoms with Crippen LogP contribution in [-0.2, 0) is 4.74 Å². The molecule has 0 aliphatic carbocycles. The Kier molecular flexibility index (Phi) is 6.71. The van der Waals surface area contributed by atoms with Gasteiger partial charge in [0.05, 0.1) is 18.7 Å². The van der Waals surface area contributed by atoms with Crippen molar-refractivity contribution in [2.75, 3.05) is 31.7 Å². The predicted molar refractivity (Wildman–Crippen MR) is 93.9 cm³/mol. The van der Waals surface area contributed by atoms with E-state index in [2.05, 4.69) is 39.8 Å². The van der Waals surface area contributed by atoms with Gasteiger partial charge in [0.15, 0.2) is 0 Å². The Morgan fingerprint density at radius 2 is 2.04 bits per heavy atom. The number of ether oxygens (including phenoxy) is 1. The highest BCUT2D eigenvalue weighted by Gasteiger charge is 2.16. The largest absolute Gasteiger partial charge is 0.383 e. The Labute approximate surface area is 139 Å². The zero-order valence-electron chi connectivity index (χ0n) is 14.5. The topological polar surface area (TPSA) is 53.6 Å². The summed E-state index contributed by atoms with van der Waals surface area (Å²) >= 11 is 0. The molecule has 0 bridgehead atoms. The van der Waals surface area contributed by atoms with E-state index in [4.69, 9.17) is 4.74 Å². The molecular formula is C18H29N3O2. The molecule has 2 atom stereocenters. The minimum Gasteiger partial charge on any atom is -0.383 e. The highest BCUT2D eigenvalue weighted by molar-refractivity contribution is 5.74. The van der Waals surface area contributed by atoms with Gasteiger partial charge in [0, 0.05) is 25.9 Å². The van der Waals surface area contributed by atoms with E-state index >= 15 is 0 Å². The van der Waals surface area contributed by atoms with Crippen LogP contribution in [0, 0.1) is 0 Å². The highest BCUT2D eigenvalue weighted by Crippen LogP contribution is 2.23. The zero-order chi connectivity index (χ0) is 16.7. The van der Waals surface area contributed by atoms with Crippen molar-refractivity contribution < 1.29 is 9.53 Å². The van der Waals surface area contributed by atoms with E-state index in [-0.39, 0.29) is 18.1 Å². The molecule has 1 aliphatic heterocycles. The number of carbonyl (C=O) groups excluding carboxylic acids is 1. The Morgan fingerprint density at radius 3 is 2.70 bits per heavy atom. The van der Waals surface area contributed by atoms with Gasteiger partial charge in [0.1, 0.15) is 0 Å². The van der Waals surface area contributed by atoms with Gasteiger partial charge in [0.25, 0.3) is 0 Å². The number of amides is 2. The fourth-order valence-corrected chi connectivity index (χ4v) is 2.94. The smallest absolute Gasteiger partial charge is 0.315 e. The van der Waals surface area contributed by atoms with Crippen molar-refractivity contribution >= 4 is 11.7 Å². The standard InChI is InChI=1S/C18H29N3O2/c1-4-16(13-23-3)20-18(22)19-14(2)15-8-7-9-17(12-15)21-10-5-6-11-21/h7-9,12,14,16H,4-6,10-11,13H2,1-3H3,(H2,19,20,22). The molecule has 2 amide bonds. The molecule has 1 aromatic carbocycles. The molecule has 1 aromatic rings. The normalized spacial score (nSPS) is 16.9. The molecule has 0 spiro atoms. The third-order valence-corrected chi connectivity index (χ3v) is 4.38. The summed E-state index contributed by atoms with van der Waals surface area (Å²) in [5.74, 6) is 0. The van der Waals surface area contributed by atoms with Crippen molar-refractivity contribution in [2.24, 2.45) is 0 Å². The number of hydrogen-bond acceptors (Lipinski definition) is 3. The van der Waals surface area contributed by atoms with Crippen molar-refractivity contribution in [3.63, 3.8) is 0 Å². The van der Waals surface area contributed by atoms with Gasteiger partial charge in [-0.3, -0.25) is 0 Å². The van der Waals surface area contributed by atoms with Crippen LogP contribution < -0.4 is 15.5 Å². The average molecular weight is 319 g/mol. The summed E-state index contributed by atoms with van der Waals surface area (Å²) in [5.41, 5.74) is 2.38. The van der Waals surface area contributed by atoms with E-state index in [0.717, 1.165) is 25.1 Å². The number of nitrogens with zero attached hydrogens (tertiary/aromatic N) is 1. The molecule has 5 heteroatoms. The lowest BCUT2D eigenvalue weighted by molar-refractivity contribution is 0.163. The molecule has 23 heavy (non-hydrogen) atoms. The van der Waals surface area contributed by atoms with Gasteiger partial charge in [-0.1, -0.05) is 19.1 Å². The summed E-state index contributed by atoms with van der Waals surface area (Å²) in [6.45, 7) is 6.83. The molecular weight excluding hydrogens is 290 g/mol. The maximum atomic E-state index is 12.1. The van der Waals surface area contributed by atoms with Gasteiger partial charge in [-0.15, -0.1) is 0 Å². The first-order valence-electron chi connectivity index (χ1n) is 8.55. The maximum absolute atomic E-state index is 12.1. The molecule has 2 N–H and O–H groups in total. The second kappa shape index (κ2) is 8.77. The SMILES string of the molecule is CCC(COC)NC(=O)NC(C)c1cccc(N2CCCC2)c1. The lowest BCUT2D eigenvalue weighted by Gasteiger charge is -2.22. The van der Waals surface area contributed by atoms with Gasteiger partial charge >= 0.3 is 6.03 Å². The molecule has 0 radical (unpaired) electrons.